The quantitative estimate of drug-likeness (QED) is 0.346. The van der Waals surface area contributed by atoms with E-state index in [4.69, 9.17) is 28.4 Å². The van der Waals surface area contributed by atoms with Crippen molar-refractivity contribution in [1.82, 2.24) is 0 Å². The molecule has 0 amide bonds. The Balaban J connectivity index is 1.54. The van der Waals surface area contributed by atoms with Crippen LogP contribution in [-0.4, -0.2) is 61.2 Å². The molecule has 2 aliphatic rings. The average molecular weight is 533 g/mol. The molecule has 0 radical (unpaired) electrons. The first-order valence-electron chi connectivity index (χ1n) is 13.2. The molecule has 2 aliphatic heterocycles. The van der Waals surface area contributed by atoms with Gasteiger partial charge in [-0.2, -0.15) is 0 Å². The van der Waals surface area contributed by atoms with Gasteiger partial charge in [0, 0.05) is 7.11 Å². The third kappa shape index (κ3) is 6.00. The van der Waals surface area contributed by atoms with Gasteiger partial charge in [0.05, 0.1) is 26.4 Å². The molecule has 2 fully saturated rings. The Morgan fingerprint density at radius 3 is 1.95 bits per heavy atom. The van der Waals surface area contributed by atoms with Crippen molar-refractivity contribution in [2.75, 3.05) is 13.7 Å². The van der Waals surface area contributed by atoms with E-state index in [-0.39, 0.29) is 19.8 Å². The number of hydrogen-bond donors (Lipinski definition) is 1. The molecule has 3 aromatic carbocycles. The number of aliphatic hydroxyl groups excluding tert-OH is 1. The van der Waals surface area contributed by atoms with Crippen molar-refractivity contribution in [3.05, 3.63) is 120 Å². The van der Waals surface area contributed by atoms with Crippen LogP contribution in [0.25, 0.3) is 0 Å². The average Bonchev–Trinajstić information content (AvgIpc) is 3.38. The predicted octanol–water partition coefficient (Wildman–Crippen LogP) is 4.43. The molecule has 3 aromatic rings. The molecule has 0 unspecified atom stereocenters. The van der Waals surface area contributed by atoms with Gasteiger partial charge in [0.2, 0.25) is 0 Å². The maximum absolute atomic E-state index is 11.1. The van der Waals surface area contributed by atoms with E-state index in [1.54, 1.807) is 7.11 Å². The first kappa shape index (κ1) is 27.7. The summed E-state index contributed by atoms with van der Waals surface area (Å²) in [5.41, 5.74) is 1.84. The summed E-state index contributed by atoms with van der Waals surface area (Å²) in [6.45, 7) is 4.97. The van der Waals surface area contributed by atoms with Crippen LogP contribution in [-0.2, 0) is 48.2 Å². The van der Waals surface area contributed by atoms with E-state index in [0.717, 1.165) is 16.7 Å². The smallest absolute Gasteiger partial charge is 0.187 e. The van der Waals surface area contributed by atoms with Crippen LogP contribution < -0.4 is 0 Å². The molecule has 7 atom stereocenters. The van der Waals surface area contributed by atoms with Gasteiger partial charge >= 0.3 is 0 Å². The lowest BCUT2D eigenvalue weighted by atomic mass is 9.79. The van der Waals surface area contributed by atoms with Gasteiger partial charge in [-0.05, 0) is 16.7 Å². The van der Waals surface area contributed by atoms with E-state index in [1.807, 2.05) is 91.0 Å². The van der Waals surface area contributed by atoms with Crippen LogP contribution in [0.5, 0.6) is 0 Å². The monoisotopic (exact) mass is 532 g/mol. The maximum atomic E-state index is 11.1. The Hall–Kier alpha value is -2.88. The van der Waals surface area contributed by atoms with Crippen LogP contribution >= 0.6 is 0 Å². The number of methoxy groups -OCH3 is 1. The fraction of sp³-hybridized carbons (Fsp3) is 0.375. The van der Waals surface area contributed by atoms with Crippen molar-refractivity contribution in [3.8, 4) is 0 Å². The second-order valence-electron chi connectivity index (χ2n) is 9.82. The van der Waals surface area contributed by atoms with Crippen LogP contribution in [0.2, 0.25) is 0 Å². The van der Waals surface area contributed by atoms with E-state index >= 15 is 0 Å². The zero-order valence-electron chi connectivity index (χ0n) is 22.1. The molecule has 39 heavy (non-hydrogen) atoms. The third-order valence-corrected chi connectivity index (χ3v) is 7.37. The highest BCUT2D eigenvalue weighted by atomic mass is 16.7. The summed E-state index contributed by atoms with van der Waals surface area (Å²) in [5.74, 6) is 0. The number of benzene rings is 3. The fourth-order valence-electron chi connectivity index (χ4n) is 5.37. The Kier molecular flexibility index (Phi) is 9.21. The Morgan fingerprint density at radius 1 is 0.872 bits per heavy atom. The van der Waals surface area contributed by atoms with Gasteiger partial charge in [0.1, 0.15) is 30.5 Å². The Bertz CT molecular complexity index is 1160. The van der Waals surface area contributed by atoms with Gasteiger partial charge in [0.25, 0.3) is 0 Å². The summed E-state index contributed by atoms with van der Waals surface area (Å²) in [6, 6.07) is 29.7. The minimum atomic E-state index is -1.16. The molecule has 1 N–H and O–H groups in total. The number of aliphatic hydroxyl groups is 1. The lowest BCUT2D eigenvalue weighted by Crippen LogP contribution is -2.72. The molecule has 7 nitrogen and oxygen atoms in total. The van der Waals surface area contributed by atoms with Crippen molar-refractivity contribution >= 4 is 0 Å². The molecule has 0 saturated carbocycles. The largest absolute Gasteiger partial charge is 0.386 e. The van der Waals surface area contributed by atoms with E-state index in [9.17, 15) is 5.11 Å². The van der Waals surface area contributed by atoms with E-state index in [0.29, 0.717) is 6.61 Å². The van der Waals surface area contributed by atoms with E-state index in [1.165, 1.54) is 6.08 Å². The normalized spacial score (nSPS) is 29.0. The second-order valence-corrected chi connectivity index (χ2v) is 9.82. The predicted molar refractivity (Wildman–Crippen MR) is 146 cm³/mol. The van der Waals surface area contributed by atoms with Crippen LogP contribution in [0.1, 0.15) is 16.7 Å². The van der Waals surface area contributed by atoms with Crippen molar-refractivity contribution in [2.24, 2.45) is 0 Å². The van der Waals surface area contributed by atoms with Gasteiger partial charge in [-0.25, -0.2) is 0 Å². The molecule has 7 heteroatoms. The van der Waals surface area contributed by atoms with Gasteiger partial charge in [-0.1, -0.05) is 97.1 Å². The summed E-state index contributed by atoms with van der Waals surface area (Å²) in [7, 11) is 1.55. The fourth-order valence-corrected chi connectivity index (χ4v) is 5.37. The summed E-state index contributed by atoms with van der Waals surface area (Å²) < 4.78 is 38.3. The molecule has 0 aliphatic carbocycles. The standard InChI is InChI=1S/C32H36O7/c1-3-26(33)28-29(36-20-24-15-9-5-10-16-24)32(38-21-25-17-11-6-12-18-25)27(22-37-30(32)31(34-2)39-28)35-19-23-13-7-4-8-14-23/h3-18,26-31,33H,1,19-22H2,2H3/t26-,27+,28+,29-,30+,31+,32+/m1/s1. The number of hydrogen-bond acceptors (Lipinski definition) is 7. The van der Waals surface area contributed by atoms with Crippen molar-refractivity contribution in [3.63, 3.8) is 0 Å². The molecule has 2 saturated heterocycles. The van der Waals surface area contributed by atoms with Gasteiger partial charge in [0.15, 0.2) is 11.9 Å². The van der Waals surface area contributed by atoms with Gasteiger partial charge < -0.3 is 33.5 Å². The highest BCUT2D eigenvalue weighted by Crippen LogP contribution is 2.46. The molecule has 2 heterocycles. The van der Waals surface area contributed by atoms with Gasteiger partial charge in [-0.15, -0.1) is 6.58 Å². The summed E-state index contributed by atoms with van der Waals surface area (Å²) in [4.78, 5) is 0. The van der Waals surface area contributed by atoms with Crippen molar-refractivity contribution in [1.29, 1.82) is 0 Å². The lowest BCUT2D eigenvalue weighted by Gasteiger charge is -2.52. The second kappa shape index (κ2) is 13.0. The van der Waals surface area contributed by atoms with E-state index in [2.05, 4.69) is 6.58 Å². The molecule has 0 spiro atoms. The van der Waals surface area contributed by atoms with Crippen LogP contribution in [0.3, 0.4) is 0 Å². The Morgan fingerprint density at radius 2 is 1.41 bits per heavy atom. The molecule has 206 valence electrons. The number of fused-ring (bicyclic) bond motifs is 1. The van der Waals surface area contributed by atoms with Gasteiger partial charge in [-0.3, -0.25) is 0 Å². The molecule has 0 bridgehead atoms. The SMILES string of the molecule is C=C[C@@H](O)[C@@H]1O[C@H](OC)[C@@H]2OC[C@H](OCc3ccccc3)[C@]2(OCc2ccccc2)[C@@H]1OCc1ccccc1. The minimum absolute atomic E-state index is 0.248. The zero-order valence-corrected chi connectivity index (χ0v) is 22.1. The number of ether oxygens (including phenoxy) is 6. The van der Waals surface area contributed by atoms with E-state index < -0.39 is 42.4 Å². The third-order valence-electron chi connectivity index (χ3n) is 7.37. The molecule has 5 rings (SSSR count). The van der Waals surface area contributed by atoms with Crippen molar-refractivity contribution in [2.45, 2.75) is 62.2 Å². The molecule has 0 aromatic heterocycles. The zero-order chi connectivity index (χ0) is 27.1. The lowest BCUT2D eigenvalue weighted by molar-refractivity contribution is -0.348. The van der Waals surface area contributed by atoms with Crippen molar-refractivity contribution < 1.29 is 33.5 Å². The summed E-state index contributed by atoms with van der Waals surface area (Å²) >= 11 is 0. The highest BCUT2D eigenvalue weighted by Gasteiger charge is 2.68. The topological polar surface area (TPSA) is 75.6 Å². The molecular weight excluding hydrogens is 496 g/mol. The first-order valence-corrected chi connectivity index (χ1v) is 13.2. The highest BCUT2D eigenvalue weighted by molar-refractivity contribution is 5.20. The number of rotatable bonds is 12. The van der Waals surface area contributed by atoms with Crippen LogP contribution in [0.15, 0.2) is 104 Å². The minimum Gasteiger partial charge on any atom is -0.386 e. The maximum Gasteiger partial charge on any atom is 0.187 e. The van der Waals surface area contributed by atoms with Crippen LogP contribution in [0.4, 0.5) is 0 Å². The Labute approximate surface area is 229 Å². The van der Waals surface area contributed by atoms with Crippen LogP contribution in [0, 0.1) is 0 Å². The molecular formula is C32H36O7. The summed E-state index contributed by atoms with van der Waals surface area (Å²) in [5, 5.41) is 11.1. The summed E-state index contributed by atoms with van der Waals surface area (Å²) in [6.07, 6.45) is -3.23. The first-order chi connectivity index (χ1) is 19.2.